The van der Waals surface area contributed by atoms with Gasteiger partial charge in [0.2, 0.25) is 11.8 Å². The van der Waals surface area contributed by atoms with E-state index in [0.29, 0.717) is 23.9 Å². The molecular formula is C14H14N2O3. The van der Waals surface area contributed by atoms with Crippen LogP contribution in [0.4, 0.5) is 5.69 Å². The average molecular weight is 258 g/mol. The van der Waals surface area contributed by atoms with Crippen LogP contribution in [-0.4, -0.2) is 17.5 Å². The van der Waals surface area contributed by atoms with E-state index in [1.54, 1.807) is 42.8 Å². The zero-order valence-electron chi connectivity index (χ0n) is 10.5. The lowest BCUT2D eigenvalue weighted by Crippen LogP contribution is -2.10. The molecule has 0 fully saturated rings. The number of furan rings is 1. The van der Waals surface area contributed by atoms with Crippen LogP contribution in [0.1, 0.15) is 12.7 Å². The van der Waals surface area contributed by atoms with E-state index in [1.807, 2.05) is 6.92 Å². The maximum absolute atomic E-state index is 11.7. The van der Waals surface area contributed by atoms with Crippen molar-refractivity contribution in [1.29, 1.82) is 0 Å². The lowest BCUT2D eigenvalue weighted by Gasteiger charge is -2.08. The Balaban J connectivity index is 2.02. The summed E-state index contributed by atoms with van der Waals surface area (Å²) in [5.41, 5.74) is 0.540. The Kier molecular flexibility index (Phi) is 4.34. The van der Waals surface area contributed by atoms with Crippen molar-refractivity contribution >= 4 is 17.7 Å². The lowest BCUT2D eigenvalue weighted by atomic mass is 10.3. The Bertz CT molecular complexity index is 562. The molecular weight excluding hydrogens is 244 g/mol. The number of carbonyl (C=O) groups is 1. The Morgan fingerprint density at radius 1 is 1.47 bits per heavy atom. The topological polar surface area (TPSA) is 64.4 Å². The fraction of sp³-hybridized carbons (Fsp3) is 0.143. The van der Waals surface area contributed by atoms with Crippen LogP contribution < -0.4 is 10.1 Å². The molecule has 0 atom stereocenters. The first-order chi connectivity index (χ1) is 9.29. The number of hydrogen-bond acceptors (Lipinski definition) is 4. The van der Waals surface area contributed by atoms with Gasteiger partial charge in [-0.15, -0.1) is 0 Å². The minimum Gasteiger partial charge on any atom is -0.476 e. The van der Waals surface area contributed by atoms with Gasteiger partial charge in [0, 0.05) is 12.3 Å². The Morgan fingerprint density at radius 2 is 2.37 bits per heavy atom. The largest absolute Gasteiger partial charge is 0.476 e. The van der Waals surface area contributed by atoms with E-state index in [0.717, 1.165) is 0 Å². The summed E-state index contributed by atoms with van der Waals surface area (Å²) in [6.45, 7) is 2.35. The predicted octanol–water partition coefficient (Wildman–Crippen LogP) is 2.73. The first-order valence-electron chi connectivity index (χ1n) is 5.90. The van der Waals surface area contributed by atoms with Gasteiger partial charge in [0.25, 0.3) is 0 Å². The van der Waals surface area contributed by atoms with Gasteiger partial charge in [-0.25, -0.2) is 4.98 Å². The van der Waals surface area contributed by atoms with Gasteiger partial charge in [0.05, 0.1) is 12.9 Å². The maximum Gasteiger partial charge on any atom is 0.248 e. The molecule has 2 heterocycles. The number of rotatable bonds is 5. The highest BCUT2D eigenvalue weighted by atomic mass is 16.5. The van der Waals surface area contributed by atoms with Gasteiger partial charge in [-0.3, -0.25) is 4.79 Å². The summed E-state index contributed by atoms with van der Waals surface area (Å²) in [5, 5.41) is 2.70. The van der Waals surface area contributed by atoms with Crippen molar-refractivity contribution in [1.82, 2.24) is 4.98 Å². The molecule has 1 N–H and O–H groups in total. The van der Waals surface area contributed by atoms with Crippen molar-refractivity contribution in [3.63, 3.8) is 0 Å². The summed E-state index contributed by atoms with van der Waals surface area (Å²) < 4.78 is 10.4. The number of hydrogen-bond donors (Lipinski definition) is 1. The van der Waals surface area contributed by atoms with E-state index >= 15 is 0 Å². The summed E-state index contributed by atoms with van der Waals surface area (Å²) in [6.07, 6.45) is 6.14. The standard InChI is InChI=1S/C14H14N2O3/c1-2-18-14-12(6-3-9-15-14)16-13(17)8-7-11-5-4-10-19-11/h3-10H,2H2,1H3,(H,16,17)/b8-7+. The van der Waals surface area contributed by atoms with Gasteiger partial charge < -0.3 is 14.5 Å². The van der Waals surface area contributed by atoms with Crippen LogP contribution in [0, 0.1) is 0 Å². The van der Waals surface area contributed by atoms with E-state index in [-0.39, 0.29) is 5.91 Å². The van der Waals surface area contributed by atoms with Gasteiger partial charge in [-0.1, -0.05) is 0 Å². The Hall–Kier alpha value is -2.56. The number of nitrogens with one attached hydrogen (secondary N) is 1. The molecule has 2 rings (SSSR count). The minimum atomic E-state index is -0.273. The minimum absolute atomic E-state index is 0.273. The van der Waals surface area contributed by atoms with E-state index in [9.17, 15) is 4.79 Å². The summed E-state index contributed by atoms with van der Waals surface area (Å²) in [4.78, 5) is 15.8. The van der Waals surface area contributed by atoms with Gasteiger partial charge in [0.15, 0.2) is 0 Å². The Morgan fingerprint density at radius 3 is 3.11 bits per heavy atom. The molecule has 0 aromatic carbocycles. The molecule has 0 unspecified atom stereocenters. The summed E-state index contributed by atoms with van der Waals surface area (Å²) in [5.74, 6) is 0.751. The highest BCUT2D eigenvalue weighted by Gasteiger charge is 2.06. The van der Waals surface area contributed by atoms with Crippen LogP contribution >= 0.6 is 0 Å². The molecule has 0 bridgehead atoms. The van der Waals surface area contributed by atoms with Crippen molar-refractivity contribution in [3.05, 3.63) is 48.6 Å². The molecule has 2 aromatic rings. The van der Waals surface area contributed by atoms with Gasteiger partial charge in [-0.2, -0.15) is 0 Å². The monoisotopic (exact) mass is 258 g/mol. The molecule has 0 aliphatic carbocycles. The maximum atomic E-state index is 11.7. The third-order valence-electron chi connectivity index (χ3n) is 2.25. The zero-order chi connectivity index (χ0) is 13.5. The molecule has 0 saturated carbocycles. The van der Waals surface area contributed by atoms with Gasteiger partial charge in [0.1, 0.15) is 11.4 Å². The van der Waals surface area contributed by atoms with E-state index in [2.05, 4.69) is 10.3 Å². The molecule has 0 saturated heterocycles. The highest BCUT2D eigenvalue weighted by Crippen LogP contribution is 2.20. The normalized spacial score (nSPS) is 10.6. The van der Waals surface area contributed by atoms with Crippen LogP contribution in [-0.2, 0) is 4.79 Å². The SMILES string of the molecule is CCOc1ncccc1NC(=O)/C=C/c1ccco1. The quantitative estimate of drug-likeness (QED) is 0.837. The van der Waals surface area contributed by atoms with E-state index < -0.39 is 0 Å². The molecule has 2 aromatic heterocycles. The van der Waals surface area contributed by atoms with Crippen molar-refractivity contribution in [2.45, 2.75) is 6.92 Å². The smallest absolute Gasteiger partial charge is 0.248 e. The van der Waals surface area contributed by atoms with Crippen molar-refractivity contribution in [3.8, 4) is 5.88 Å². The molecule has 0 radical (unpaired) electrons. The number of nitrogens with zero attached hydrogens (tertiary/aromatic N) is 1. The predicted molar refractivity (Wildman–Crippen MR) is 71.8 cm³/mol. The van der Waals surface area contributed by atoms with Crippen LogP contribution in [0.25, 0.3) is 6.08 Å². The average Bonchev–Trinajstić information content (AvgIpc) is 2.92. The summed E-state index contributed by atoms with van der Waals surface area (Å²) in [7, 11) is 0. The first kappa shape index (κ1) is 12.9. The number of pyridine rings is 1. The van der Waals surface area contributed by atoms with Gasteiger partial charge >= 0.3 is 0 Å². The molecule has 5 heteroatoms. The first-order valence-corrected chi connectivity index (χ1v) is 5.90. The number of carbonyl (C=O) groups excluding carboxylic acids is 1. The Labute approximate surface area is 110 Å². The second kappa shape index (κ2) is 6.39. The van der Waals surface area contributed by atoms with Gasteiger partial charge in [-0.05, 0) is 37.3 Å². The molecule has 19 heavy (non-hydrogen) atoms. The molecule has 0 aliphatic heterocycles. The second-order valence-corrected chi connectivity index (χ2v) is 3.63. The van der Waals surface area contributed by atoms with Crippen molar-refractivity contribution in [2.24, 2.45) is 0 Å². The third kappa shape index (κ3) is 3.70. The van der Waals surface area contributed by atoms with Crippen LogP contribution in [0.3, 0.4) is 0 Å². The summed E-state index contributed by atoms with van der Waals surface area (Å²) in [6, 6.07) is 6.98. The van der Waals surface area contributed by atoms with E-state index in [4.69, 9.17) is 9.15 Å². The lowest BCUT2D eigenvalue weighted by molar-refractivity contribution is -0.111. The number of ether oxygens (including phenoxy) is 1. The number of aromatic nitrogens is 1. The molecule has 0 spiro atoms. The van der Waals surface area contributed by atoms with Crippen molar-refractivity contribution in [2.75, 3.05) is 11.9 Å². The highest BCUT2D eigenvalue weighted by molar-refractivity contribution is 6.02. The fourth-order valence-corrected chi connectivity index (χ4v) is 1.46. The van der Waals surface area contributed by atoms with E-state index in [1.165, 1.54) is 6.08 Å². The molecule has 1 amide bonds. The molecule has 98 valence electrons. The zero-order valence-corrected chi connectivity index (χ0v) is 10.5. The number of anilines is 1. The molecule has 0 aliphatic rings. The van der Waals surface area contributed by atoms with Crippen LogP contribution in [0.5, 0.6) is 5.88 Å². The fourth-order valence-electron chi connectivity index (χ4n) is 1.46. The molecule has 5 nitrogen and oxygen atoms in total. The summed E-state index contributed by atoms with van der Waals surface area (Å²) >= 11 is 0. The number of amides is 1. The second-order valence-electron chi connectivity index (χ2n) is 3.63. The van der Waals surface area contributed by atoms with Crippen LogP contribution in [0.15, 0.2) is 47.2 Å². The third-order valence-corrected chi connectivity index (χ3v) is 2.25. The van der Waals surface area contributed by atoms with Crippen molar-refractivity contribution < 1.29 is 13.9 Å². The van der Waals surface area contributed by atoms with Crippen LogP contribution in [0.2, 0.25) is 0 Å².